The third kappa shape index (κ3) is 3.83. The summed E-state index contributed by atoms with van der Waals surface area (Å²) in [6, 6.07) is 15.9. The molecule has 138 valence electrons. The number of hydrogen-bond acceptors (Lipinski definition) is 6. The molecule has 0 aliphatic heterocycles. The Balaban J connectivity index is 1.52. The maximum Gasteiger partial charge on any atom is 0.270 e. The van der Waals surface area contributed by atoms with Gasteiger partial charge in [0, 0.05) is 23.8 Å². The van der Waals surface area contributed by atoms with Crippen LogP contribution in [-0.4, -0.2) is 15.8 Å². The van der Waals surface area contributed by atoms with Crippen molar-refractivity contribution in [1.29, 1.82) is 0 Å². The quantitative estimate of drug-likeness (QED) is 0.266. The molecule has 0 aliphatic rings. The van der Waals surface area contributed by atoms with Crippen LogP contribution in [-0.2, 0) is 4.79 Å². The lowest BCUT2D eigenvalue weighted by molar-refractivity contribution is -0.384. The fourth-order valence-electron chi connectivity index (χ4n) is 2.63. The predicted molar refractivity (Wildman–Crippen MR) is 114 cm³/mol. The largest absolute Gasteiger partial charge is 0.314 e. The zero-order valence-electron chi connectivity index (χ0n) is 14.4. The molecule has 2 aromatic heterocycles. The van der Waals surface area contributed by atoms with Crippen LogP contribution in [0.25, 0.3) is 26.9 Å². The first-order valence-corrected chi connectivity index (χ1v) is 9.97. The molecule has 0 fully saturated rings. The molecule has 1 N–H and O–H groups in total. The molecular weight excluding hydrogens is 394 g/mol. The maximum absolute atomic E-state index is 12.3. The lowest BCUT2D eigenvalue weighted by Crippen LogP contribution is -2.07. The summed E-state index contributed by atoms with van der Waals surface area (Å²) in [6.07, 6.45) is 2.91. The fourth-order valence-corrected chi connectivity index (χ4v) is 4.48. The fraction of sp³-hybridized carbons (Fsp3) is 0. The topological polar surface area (TPSA) is 85.1 Å². The van der Waals surface area contributed by atoms with Crippen LogP contribution in [0, 0.1) is 10.1 Å². The number of nitro benzene ring substituents is 1. The van der Waals surface area contributed by atoms with E-state index in [1.165, 1.54) is 29.5 Å². The first-order valence-electron chi connectivity index (χ1n) is 8.27. The SMILES string of the molecule is O=C(/C=C/c1cccc([N+](=O)[O-])c1)Nc1sccc1-c1nc2ccccc2s1. The van der Waals surface area contributed by atoms with E-state index in [1.54, 1.807) is 29.5 Å². The van der Waals surface area contributed by atoms with Crippen molar-refractivity contribution >= 4 is 55.6 Å². The van der Waals surface area contributed by atoms with E-state index in [0.717, 1.165) is 20.8 Å². The van der Waals surface area contributed by atoms with Gasteiger partial charge in [0.2, 0.25) is 5.91 Å². The number of nitrogens with one attached hydrogen (secondary N) is 1. The van der Waals surface area contributed by atoms with Gasteiger partial charge in [-0.2, -0.15) is 0 Å². The highest BCUT2D eigenvalue weighted by molar-refractivity contribution is 7.22. The zero-order valence-corrected chi connectivity index (χ0v) is 16.0. The Morgan fingerprint density at radius 3 is 2.82 bits per heavy atom. The molecular formula is C20H13N3O3S2. The van der Waals surface area contributed by atoms with Crippen molar-refractivity contribution < 1.29 is 9.72 Å². The third-order valence-corrected chi connectivity index (χ3v) is 5.83. The lowest BCUT2D eigenvalue weighted by atomic mass is 10.2. The van der Waals surface area contributed by atoms with Crippen molar-refractivity contribution in [1.82, 2.24) is 4.98 Å². The van der Waals surface area contributed by atoms with Gasteiger partial charge in [-0.25, -0.2) is 4.98 Å². The van der Waals surface area contributed by atoms with Gasteiger partial charge in [0.1, 0.15) is 10.0 Å². The van der Waals surface area contributed by atoms with E-state index in [-0.39, 0.29) is 11.6 Å². The Hall–Kier alpha value is -3.36. The first-order chi connectivity index (χ1) is 13.6. The minimum Gasteiger partial charge on any atom is -0.314 e. The van der Waals surface area contributed by atoms with Gasteiger partial charge < -0.3 is 5.32 Å². The minimum absolute atomic E-state index is 0.0149. The standard InChI is InChI=1S/C20H13N3O3S2/c24-18(9-8-13-4-3-5-14(12-13)23(25)26)22-19-15(10-11-27-19)20-21-16-6-1-2-7-17(16)28-20/h1-12H,(H,22,24)/b9-8+. The minimum atomic E-state index is -0.465. The van der Waals surface area contributed by atoms with Crippen LogP contribution in [0.15, 0.2) is 66.1 Å². The Morgan fingerprint density at radius 1 is 1.14 bits per heavy atom. The van der Waals surface area contributed by atoms with Gasteiger partial charge in [-0.1, -0.05) is 24.3 Å². The molecule has 4 aromatic rings. The number of nitro groups is 1. The molecule has 0 aliphatic carbocycles. The van der Waals surface area contributed by atoms with Crippen molar-refractivity contribution in [2.24, 2.45) is 0 Å². The van der Waals surface area contributed by atoms with E-state index in [4.69, 9.17) is 0 Å². The molecule has 1 amide bonds. The molecule has 6 nitrogen and oxygen atoms in total. The number of nitrogens with zero attached hydrogens (tertiary/aromatic N) is 2. The summed E-state index contributed by atoms with van der Waals surface area (Å²) in [5, 5.41) is 17.2. The predicted octanol–water partition coefficient (Wildman–Crippen LogP) is 5.58. The number of rotatable bonds is 5. The number of para-hydroxylation sites is 1. The van der Waals surface area contributed by atoms with E-state index in [2.05, 4.69) is 10.3 Å². The van der Waals surface area contributed by atoms with E-state index >= 15 is 0 Å². The van der Waals surface area contributed by atoms with Gasteiger partial charge in [-0.05, 0) is 35.2 Å². The van der Waals surface area contributed by atoms with Crippen LogP contribution in [0.1, 0.15) is 5.56 Å². The second kappa shape index (κ2) is 7.71. The van der Waals surface area contributed by atoms with Crippen LogP contribution in [0.2, 0.25) is 0 Å². The molecule has 8 heteroatoms. The molecule has 2 heterocycles. The Kier molecular flexibility index (Phi) is 4.96. The van der Waals surface area contributed by atoms with E-state index in [1.807, 2.05) is 35.7 Å². The average Bonchev–Trinajstić information content (AvgIpc) is 3.32. The highest BCUT2D eigenvalue weighted by Crippen LogP contribution is 2.37. The number of thiophene rings is 1. The molecule has 0 saturated carbocycles. The lowest BCUT2D eigenvalue weighted by Gasteiger charge is -2.01. The highest BCUT2D eigenvalue weighted by atomic mass is 32.1. The van der Waals surface area contributed by atoms with E-state index in [0.29, 0.717) is 10.6 Å². The Labute approximate surface area is 167 Å². The van der Waals surface area contributed by atoms with Gasteiger partial charge in [-0.15, -0.1) is 22.7 Å². The molecule has 4 rings (SSSR count). The smallest absolute Gasteiger partial charge is 0.270 e. The number of carbonyl (C=O) groups is 1. The molecule has 0 spiro atoms. The number of aromatic nitrogens is 1. The monoisotopic (exact) mass is 407 g/mol. The number of fused-ring (bicyclic) bond motifs is 1. The van der Waals surface area contributed by atoms with Crippen LogP contribution >= 0.6 is 22.7 Å². The molecule has 2 aromatic carbocycles. The zero-order chi connectivity index (χ0) is 19.5. The first kappa shape index (κ1) is 18.0. The molecule has 0 radical (unpaired) electrons. The molecule has 0 unspecified atom stereocenters. The maximum atomic E-state index is 12.3. The summed E-state index contributed by atoms with van der Waals surface area (Å²) in [5.74, 6) is -0.309. The number of amides is 1. The second-order valence-electron chi connectivity index (χ2n) is 5.82. The molecule has 0 saturated heterocycles. The summed E-state index contributed by atoms with van der Waals surface area (Å²) in [4.78, 5) is 27.3. The second-order valence-corrected chi connectivity index (χ2v) is 7.77. The Bertz CT molecular complexity index is 1180. The molecule has 28 heavy (non-hydrogen) atoms. The van der Waals surface area contributed by atoms with Crippen LogP contribution in [0.4, 0.5) is 10.7 Å². The van der Waals surface area contributed by atoms with E-state index < -0.39 is 4.92 Å². The van der Waals surface area contributed by atoms with Crippen molar-refractivity contribution in [2.45, 2.75) is 0 Å². The molecule has 0 atom stereocenters. The Morgan fingerprint density at radius 2 is 2.00 bits per heavy atom. The van der Waals surface area contributed by atoms with Gasteiger partial charge in [-0.3, -0.25) is 14.9 Å². The van der Waals surface area contributed by atoms with Gasteiger partial charge in [0.15, 0.2) is 0 Å². The third-order valence-electron chi connectivity index (χ3n) is 3.93. The summed E-state index contributed by atoms with van der Waals surface area (Å²) in [7, 11) is 0. The summed E-state index contributed by atoms with van der Waals surface area (Å²) in [6.45, 7) is 0. The number of anilines is 1. The number of non-ortho nitro benzene ring substituents is 1. The van der Waals surface area contributed by atoms with Crippen LogP contribution < -0.4 is 5.32 Å². The number of benzene rings is 2. The van der Waals surface area contributed by atoms with Crippen LogP contribution in [0.3, 0.4) is 0 Å². The van der Waals surface area contributed by atoms with Gasteiger partial charge >= 0.3 is 0 Å². The number of hydrogen-bond donors (Lipinski definition) is 1. The number of thiazole rings is 1. The normalized spacial score (nSPS) is 11.1. The van der Waals surface area contributed by atoms with Crippen molar-refractivity contribution in [3.8, 4) is 10.6 Å². The highest BCUT2D eigenvalue weighted by Gasteiger charge is 2.13. The number of carbonyl (C=O) groups excluding carboxylic acids is 1. The summed E-state index contributed by atoms with van der Waals surface area (Å²) < 4.78 is 1.09. The van der Waals surface area contributed by atoms with Crippen molar-refractivity contribution in [3.05, 3.63) is 81.7 Å². The van der Waals surface area contributed by atoms with Gasteiger partial charge in [0.05, 0.1) is 15.1 Å². The summed E-state index contributed by atoms with van der Waals surface area (Å²) >= 11 is 3.00. The van der Waals surface area contributed by atoms with Gasteiger partial charge in [0.25, 0.3) is 5.69 Å². The van der Waals surface area contributed by atoms with E-state index in [9.17, 15) is 14.9 Å². The van der Waals surface area contributed by atoms with Crippen LogP contribution in [0.5, 0.6) is 0 Å². The summed E-state index contributed by atoms with van der Waals surface area (Å²) in [5.41, 5.74) is 2.38. The average molecular weight is 407 g/mol. The molecule has 0 bridgehead atoms. The van der Waals surface area contributed by atoms with Crippen molar-refractivity contribution in [2.75, 3.05) is 5.32 Å². The van der Waals surface area contributed by atoms with Crippen molar-refractivity contribution in [3.63, 3.8) is 0 Å².